The number of aliphatic hydroxyl groups excluding tert-OH is 1. The number of hydrogen-bond donors (Lipinski definition) is 2. The molecule has 1 fully saturated rings. The number of tetrazole rings is 1. The van der Waals surface area contributed by atoms with Gasteiger partial charge < -0.3 is 14.8 Å². The summed E-state index contributed by atoms with van der Waals surface area (Å²) < 4.78 is 7.62. The molecule has 2 N–H and O–H groups in total. The molecule has 2 atom stereocenters. The number of fused-ring (bicyclic) bond motifs is 1. The number of aryl methyl sites for hydroxylation is 2. The van der Waals surface area contributed by atoms with Gasteiger partial charge in [-0.3, -0.25) is 9.69 Å². The third-order valence-electron chi connectivity index (χ3n) is 6.69. The molecule has 9 nitrogen and oxygen atoms in total. The van der Waals surface area contributed by atoms with Crippen LogP contribution in [-0.2, 0) is 17.8 Å². The first kappa shape index (κ1) is 23.5. The lowest BCUT2D eigenvalue weighted by Crippen LogP contribution is -2.34. The number of rotatable bonds is 10. The predicted molar refractivity (Wildman–Crippen MR) is 126 cm³/mol. The molecule has 1 aliphatic heterocycles. The number of hydrogen-bond acceptors (Lipinski definition) is 7. The van der Waals surface area contributed by atoms with Crippen LogP contribution in [0.5, 0.6) is 0 Å². The summed E-state index contributed by atoms with van der Waals surface area (Å²) in [6.07, 6.45) is 3.58. The van der Waals surface area contributed by atoms with Crippen molar-refractivity contribution < 1.29 is 9.84 Å². The van der Waals surface area contributed by atoms with Crippen molar-refractivity contribution in [2.24, 2.45) is 0 Å². The summed E-state index contributed by atoms with van der Waals surface area (Å²) in [4.78, 5) is 18.3. The maximum Gasteiger partial charge on any atom is 0.252 e. The van der Waals surface area contributed by atoms with Gasteiger partial charge in [-0.2, -0.15) is 0 Å². The predicted octanol–water partition coefficient (Wildman–Crippen LogP) is 2.65. The molecule has 0 spiro atoms. The lowest BCUT2D eigenvalue weighted by atomic mass is 10.0. The highest BCUT2D eigenvalue weighted by molar-refractivity contribution is 5.83. The molecule has 33 heavy (non-hydrogen) atoms. The van der Waals surface area contributed by atoms with E-state index in [0.29, 0.717) is 31.6 Å². The Balaban J connectivity index is 1.64. The van der Waals surface area contributed by atoms with Gasteiger partial charge in [-0.15, -0.1) is 5.10 Å². The Hall–Kier alpha value is -2.62. The first-order valence-corrected chi connectivity index (χ1v) is 11.9. The zero-order valence-electron chi connectivity index (χ0n) is 19.8. The Morgan fingerprint density at radius 3 is 2.94 bits per heavy atom. The van der Waals surface area contributed by atoms with E-state index >= 15 is 0 Å². The SMILES string of the molecule is CCC(c1nnnn1CC1CCCO1)N(CCCO)Cc1cc2ccc(C)c(C)c2[nH]c1=O. The topological polar surface area (TPSA) is 109 Å². The molecule has 2 unspecified atom stereocenters. The monoisotopic (exact) mass is 454 g/mol. The number of H-pyrrole nitrogens is 1. The minimum absolute atomic E-state index is 0.0807. The van der Waals surface area contributed by atoms with Crippen LogP contribution in [0.15, 0.2) is 23.0 Å². The van der Waals surface area contributed by atoms with Crippen LogP contribution < -0.4 is 5.56 Å². The fourth-order valence-electron chi connectivity index (χ4n) is 4.69. The van der Waals surface area contributed by atoms with Crippen LogP contribution in [-0.4, -0.2) is 61.1 Å². The van der Waals surface area contributed by atoms with E-state index < -0.39 is 0 Å². The van der Waals surface area contributed by atoms with Crippen molar-refractivity contribution in [3.05, 3.63) is 51.1 Å². The van der Waals surface area contributed by atoms with Crippen molar-refractivity contribution in [2.75, 3.05) is 19.8 Å². The van der Waals surface area contributed by atoms with Gasteiger partial charge in [0.15, 0.2) is 5.82 Å². The smallest absolute Gasteiger partial charge is 0.252 e. The van der Waals surface area contributed by atoms with Gasteiger partial charge in [-0.1, -0.05) is 19.1 Å². The van der Waals surface area contributed by atoms with Crippen molar-refractivity contribution in [1.29, 1.82) is 0 Å². The number of benzene rings is 1. The van der Waals surface area contributed by atoms with Crippen molar-refractivity contribution >= 4 is 10.9 Å². The molecule has 178 valence electrons. The first-order valence-electron chi connectivity index (χ1n) is 11.9. The molecular formula is C24H34N6O3. The number of aromatic amines is 1. The minimum Gasteiger partial charge on any atom is -0.396 e. The third kappa shape index (κ3) is 5.15. The second kappa shape index (κ2) is 10.5. The normalized spacial score (nSPS) is 17.3. The third-order valence-corrected chi connectivity index (χ3v) is 6.69. The zero-order chi connectivity index (χ0) is 23.4. The molecule has 4 rings (SSSR count). The summed E-state index contributed by atoms with van der Waals surface area (Å²) in [5.41, 5.74) is 3.74. The maximum absolute atomic E-state index is 13.0. The number of aliphatic hydroxyl groups is 1. The van der Waals surface area contributed by atoms with Crippen LogP contribution in [0.1, 0.15) is 61.2 Å². The summed E-state index contributed by atoms with van der Waals surface area (Å²) in [6.45, 7) is 8.74. The number of nitrogens with zero attached hydrogens (tertiary/aromatic N) is 5. The van der Waals surface area contributed by atoms with Gasteiger partial charge in [0.1, 0.15) is 0 Å². The van der Waals surface area contributed by atoms with Gasteiger partial charge in [-0.05, 0) is 72.5 Å². The molecule has 3 heterocycles. The van der Waals surface area contributed by atoms with Gasteiger partial charge in [0, 0.05) is 31.9 Å². The molecule has 0 saturated carbocycles. The Kier molecular flexibility index (Phi) is 7.52. The molecule has 0 radical (unpaired) electrons. The fourth-order valence-corrected chi connectivity index (χ4v) is 4.69. The average Bonchev–Trinajstić information content (AvgIpc) is 3.49. The summed E-state index contributed by atoms with van der Waals surface area (Å²) in [6, 6.07) is 6.03. The molecule has 9 heteroatoms. The van der Waals surface area contributed by atoms with E-state index in [1.807, 2.05) is 24.6 Å². The van der Waals surface area contributed by atoms with E-state index in [4.69, 9.17) is 4.74 Å². The van der Waals surface area contributed by atoms with Gasteiger partial charge in [0.25, 0.3) is 5.56 Å². The van der Waals surface area contributed by atoms with Gasteiger partial charge >= 0.3 is 0 Å². The van der Waals surface area contributed by atoms with Crippen LogP contribution in [0.3, 0.4) is 0 Å². The molecule has 0 aliphatic carbocycles. The number of aromatic nitrogens is 5. The second-order valence-corrected chi connectivity index (χ2v) is 8.92. The Morgan fingerprint density at radius 2 is 2.21 bits per heavy atom. The molecule has 2 aromatic heterocycles. The van der Waals surface area contributed by atoms with Crippen LogP contribution in [0.4, 0.5) is 0 Å². The molecule has 1 aliphatic rings. The molecule has 3 aromatic rings. The van der Waals surface area contributed by atoms with Crippen LogP contribution in [0.25, 0.3) is 10.9 Å². The van der Waals surface area contributed by atoms with E-state index in [9.17, 15) is 9.90 Å². The van der Waals surface area contributed by atoms with Gasteiger partial charge in [-0.25, -0.2) is 4.68 Å². The van der Waals surface area contributed by atoms with E-state index in [1.54, 1.807) is 0 Å². The largest absolute Gasteiger partial charge is 0.396 e. The maximum atomic E-state index is 13.0. The lowest BCUT2D eigenvalue weighted by molar-refractivity contribution is 0.0888. The Bertz CT molecular complexity index is 1130. The van der Waals surface area contributed by atoms with E-state index in [1.165, 1.54) is 0 Å². The highest BCUT2D eigenvalue weighted by Gasteiger charge is 2.27. The summed E-state index contributed by atoms with van der Waals surface area (Å²) in [5.74, 6) is 0.773. The highest BCUT2D eigenvalue weighted by Crippen LogP contribution is 2.26. The number of ether oxygens (including phenoxy) is 1. The van der Waals surface area contributed by atoms with Gasteiger partial charge in [0.05, 0.1) is 24.2 Å². The summed E-state index contributed by atoms with van der Waals surface area (Å²) in [7, 11) is 0. The summed E-state index contributed by atoms with van der Waals surface area (Å²) >= 11 is 0. The van der Waals surface area contributed by atoms with E-state index in [2.05, 4.69) is 44.5 Å². The zero-order valence-corrected chi connectivity index (χ0v) is 19.8. The Labute approximate surface area is 193 Å². The Morgan fingerprint density at radius 1 is 1.36 bits per heavy atom. The van der Waals surface area contributed by atoms with Crippen LogP contribution in [0, 0.1) is 13.8 Å². The van der Waals surface area contributed by atoms with Crippen molar-refractivity contribution in [3.63, 3.8) is 0 Å². The van der Waals surface area contributed by atoms with Crippen molar-refractivity contribution in [1.82, 2.24) is 30.1 Å². The van der Waals surface area contributed by atoms with Crippen LogP contribution >= 0.6 is 0 Å². The second-order valence-electron chi connectivity index (χ2n) is 8.92. The molecule has 0 amide bonds. The van der Waals surface area contributed by atoms with E-state index in [0.717, 1.165) is 53.7 Å². The van der Waals surface area contributed by atoms with Crippen molar-refractivity contribution in [3.8, 4) is 0 Å². The first-order chi connectivity index (χ1) is 16.0. The minimum atomic E-state index is -0.0843. The number of pyridine rings is 1. The fraction of sp³-hybridized carbons (Fsp3) is 0.583. The molecule has 1 aromatic carbocycles. The lowest BCUT2D eigenvalue weighted by Gasteiger charge is -2.30. The quantitative estimate of drug-likeness (QED) is 0.485. The average molecular weight is 455 g/mol. The molecular weight excluding hydrogens is 420 g/mol. The van der Waals surface area contributed by atoms with E-state index in [-0.39, 0.29) is 24.3 Å². The highest BCUT2D eigenvalue weighted by atomic mass is 16.5. The van der Waals surface area contributed by atoms with Gasteiger partial charge in [0.2, 0.25) is 0 Å². The standard InChI is InChI=1S/C24H34N6O3/c1-4-21(23-26-27-28-30(23)15-20-7-5-12-33-20)29(10-6-11-31)14-19-13-18-9-8-16(2)17(3)22(18)25-24(19)32/h8-9,13,20-21,31H,4-7,10-12,14-15H2,1-3H3,(H,25,32). The molecule has 0 bridgehead atoms. The molecule has 1 saturated heterocycles. The van der Waals surface area contributed by atoms with Crippen molar-refractivity contribution in [2.45, 2.75) is 71.7 Å². The summed E-state index contributed by atoms with van der Waals surface area (Å²) in [5, 5.41) is 23.0. The number of nitrogens with one attached hydrogen (secondary N) is 1. The van der Waals surface area contributed by atoms with Crippen LogP contribution in [0.2, 0.25) is 0 Å².